The van der Waals surface area contributed by atoms with Crippen molar-refractivity contribution in [1.29, 1.82) is 0 Å². The Morgan fingerprint density at radius 2 is 1.96 bits per heavy atom. The maximum Gasteiger partial charge on any atom is 0.433 e. The first kappa shape index (κ1) is 16.1. The van der Waals surface area contributed by atoms with Crippen molar-refractivity contribution in [2.24, 2.45) is 0 Å². The van der Waals surface area contributed by atoms with Crippen LogP contribution in [0.5, 0.6) is 0 Å². The number of alkyl halides is 3. The third kappa shape index (κ3) is 2.75. The summed E-state index contributed by atoms with van der Waals surface area (Å²) in [4.78, 5) is 8.29. The molecule has 4 aromatic rings. The number of hydrogen-bond acceptors (Lipinski definition) is 4. The summed E-state index contributed by atoms with van der Waals surface area (Å²) in [6.45, 7) is 0. The Balaban J connectivity index is 1.80. The number of hydrogen-bond donors (Lipinski definition) is 2. The largest absolute Gasteiger partial charge is 0.433 e. The number of aromatic amines is 1. The van der Waals surface area contributed by atoms with Crippen molar-refractivity contribution < 1.29 is 17.6 Å². The van der Waals surface area contributed by atoms with E-state index in [1.54, 1.807) is 6.07 Å². The van der Waals surface area contributed by atoms with Crippen LogP contribution in [0.4, 0.5) is 29.1 Å². The summed E-state index contributed by atoms with van der Waals surface area (Å²) in [5.41, 5.74) is -0.162. The highest BCUT2D eigenvalue weighted by atomic mass is 19.4. The maximum absolute atomic E-state index is 13.3. The Hall–Kier alpha value is -3.43. The van der Waals surface area contributed by atoms with E-state index in [0.29, 0.717) is 11.3 Å². The van der Waals surface area contributed by atoms with Crippen molar-refractivity contribution in [3.63, 3.8) is 0 Å². The molecule has 0 amide bonds. The van der Waals surface area contributed by atoms with Crippen molar-refractivity contribution in [1.82, 2.24) is 24.6 Å². The fourth-order valence-corrected chi connectivity index (χ4v) is 2.61. The summed E-state index contributed by atoms with van der Waals surface area (Å²) in [7, 11) is 0. The Bertz CT molecular complexity index is 1080. The molecule has 0 saturated heterocycles. The highest BCUT2D eigenvalue weighted by Gasteiger charge is 2.36. The van der Waals surface area contributed by atoms with Crippen LogP contribution in [0.25, 0.3) is 16.9 Å². The van der Waals surface area contributed by atoms with E-state index in [0.717, 1.165) is 6.20 Å². The van der Waals surface area contributed by atoms with Gasteiger partial charge in [-0.3, -0.25) is 9.50 Å². The second-order valence-corrected chi connectivity index (χ2v) is 5.40. The molecule has 3 aromatic heterocycles. The summed E-state index contributed by atoms with van der Waals surface area (Å²) >= 11 is 0. The number of benzene rings is 1. The standard InChI is InChI=1S/C16H10F4N6/c17-9-2-1-3-10(6-9)24-14-15-22-8-12(26(15)5-4-21-14)11-7-23-25-13(11)16(18,19)20/h1-8H,(H,21,24)(H,23,25). The first-order chi connectivity index (χ1) is 12.4. The average Bonchev–Trinajstić information content (AvgIpc) is 3.21. The molecule has 0 atom stereocenters. The highest BCUT2D eigenvalue weighted by Crippen LogP contribution is 2.36. The van der Waals surface area contributed by atoms with Gasteiger partial charge in [-0.2, -0.15) is 18.3 Å². The predicted molar refractivity (Wildman–Crippen MR) is 85.3 cm³/mol. The number of imidazole rings is 1. The lowest BCUT2D eigenvalue weighted by Gasteiger charge is -2.09. The van der Waals surface area contributed by atoms with E-state index >= 15 is 0 Å². The molecule has 3 heterocycles. The van der Waals surface area contributed by atoms with E-state index in [-0.39, 0.29) is 17.1 Å². The van der Waals surface area contributed by atoms with E-state index in [2.05, 4.69) is 20.4 Å². The first-order valence-electron chi connectivity index (χ1n) is 7.39. The van der Waals surface area contributed by atoms with Crippen LogP contribution in [0.1, 0.15) is 5.69 Å². The molecule has 0 aliphatic rings. The maximum atomic E-state index is 13.3. The summed E-state index contributed by atoms with van der Waals surface area (Å²) in [6, 6.07) is 5.73. The van der Waals surface area contributed by atoms with Gasteiger partial charge in [0.2, 0.25) is 0 Å². The molecular formula is C16H10F4N6. The number of aromatic nitrogens is 5. The molecule has 10 heteroatoms. The SMILES string of the molecule is Fc1cccc(Nc2nccn3c(-c4cn[nH]c4C(F)(F)F)cnc23)c1. The third-order valence-electron chi connectivity index (χ3n) is 3.71. The van der Waals surface area contributed by atoms with Crippen LogP contribution >= 0.6 is 0 Å². The molecule has 1 aromatic carbocycles. The Kier molecular flexibility index (Phi) is 3.60. The molecule has 132 valence electrons. The van der Waals surface area contributed by atoms with E-state index in [1.807, 2.05) is 5.10 Å². The summed E-state index contributed by atoms with van der Waals surface area (Å²) in [5.74, 6) is -0.152. The van der Waals surface area contributed by atoms with Crippen LogP contribution in [0.15, 0.2) is 49.1 Å². The van der Waals surface area contributed by atoms with Gasteiger partial charge in [0, 0.05) is 18.1 Å². The predicted octanol–water partition coefficient (Wildman–Crippen LogP) is 4.02. The number of anilines is 2. The Labute approximate surface area is 143 Å². The summed E-state index contributed by atoms with van der Waals surface area (Å²) in [5, 5.41) is 8.37. The molecule has 4 rings (SSSR count). The number of H-pyrrole nitrogens is 1. The van der Waals surface area contributed by atoms with Gasteiger partial charge in [-0.15, -0.1) is 0 Å². The number of fused-ring (bicyclic) bond motifs is 1. The van der Waals surface area contributed by atoms with Gasteiger partial charge in [-0.25, -0.2) is 14.4 Å². The molecule has 6 nitrogen and oxygen atoms in total. The average molecular weight is 362 g/mol. The zero-order valence-electron chi connectivity index (χ0n) is 12.9. The quantitative estimate of drug-likeness (QED) is 0.540. The normalized spacial score (nSPS) is 11.8. The number of halogens is 4. The van der Waals surface area contributed by atoms with Gasteiger partial charge in [0.15, 0.2) is 11.5 Å². The monoisotopic (exact) mass is 362 g/mol. The van der Waals surface area contributed by atoms with Gasteiger partial charge in [-0.05, 0) is 18.2 Å². The van der Waals surface area contributed by atoms with Crippen LogP contribution in [0.2, 0.25) is 0 Å². The van der Waals surface area contributed by atoms with Crippen LogP contribution in [0, 0.1) is 5.82 Å². The zero-order valence-corrected chi connectivity index (χ0v) is 12.9. The van der Waals surface area contributed by atoms with E-state index < -0.39 is 17.7 Å². The number of nitrogens with one attached hydrogen (secondary N) is 2. The summed E-state index contributed by atoms with van der Waals surface area (Å²) in [6.07, 6.45) is 0.709. The third-order valence-corrected chi connectivity index (χ3v) is 3.71. The van der Waals surface area contributed by atoms with Gasteiger partial charge in [0.1, 0.15) is 11.5 Å². The lowest BCUT2D eigenvalue weighted by atomic mass is 10.2. The van der Waals surface area contributed by atoms with Gasteiger partial charge in [0.25, 0.3) is 0 Å². The minimum absolute atomic E-state index is 0.132. The second kappa shape index (κ2) is 5.83. The molecule has 0 spiro atoms. The molecular weight excluding hydrogens is 352 g/mol. The van der Waals surface area contributed by atoms with Crippen LogP contribution in [0.3, 0.4) is 0 Å². The van der Waals surface area contributed by atoms with Crippen molar-refractivity contribution >= 4 is 17.2 Å². The number of rotatable bonds is 3. The van der Waals surface area contributed by atoms with Crippen molar-refractivity contribution in [3.8, 4) is 11.3 Å². The Morgan fingerprint density at radius 1 is 1.12 bits per heavy atom. The van der Waals surface area contributed by atoms with Crippen LogP contribution < -0.4 is 5.32 Å². The molecule has 0 aliphatic heterocycles. The zero-order chi connectivity index (χ0) is 18.3. The van der Waals surface area contributed by atoms with Gasteiger partial charge in [0.05, 0.1) is 23.7 Å². The van der Waals surface area contributed by atoms with Gasteiger partial charge < -0.3 is 5.32 Å². The lowest BCUT2D eigenvalue weighted by Crippen LogP contribution is -2.08. The van der Waals surface area contributed by atoms with Crippen molar-refractivity contribution in [3.05, 3.63) is 60.6 Å². The smallest absolute Gasteiger partial charge is 0.337 e. The molecule has 0 unspecified atom stereocenters. The fraction of sp³-hybridized carbons (Fsp3) is 0.0625. The fourth-order valence-electron chi connectivity index (χ4n) is 2.61. The minimum atomic E-state index is -4.58. The van der Waals surface area contributed by atoms with Gasteiger partial charge in [-0.1, -0.05) is 6.07 Å². The van der Waals surface area contributed by atoms with E-state index in [9.17, 15) is 17.6 Å². The van der Waals surface area contributed by atoms with Crippen LogP contribution in [-0.4, -0.2) is 24.6 Å². The molecule has 0 bridgehead atoms. The highest BCUT2D eigenvalue weighted by molar-refractivity contribution is 5.74. The summed E-state index contributed by atoms with van der Waals surface area (Å²) < 4.78 is 54.1. The topological polar surface area (TPSA) is 70.9 Å². The molecule has 26 heavy (non-hydrogen) atoms. The lowest BCUT2D eigenvalue weighted by molar-refractivity contribution is -0.140. The van der Waals surface area contributed by atoms with E-state index in [4.69, 9.17) is 0 Å². The molecule has 0 saturated carbocycles. The number of nitrogens with zero attached hydrogens (tertiary/aromatic N) is 4. The first-order valence-corrected chi connectivity index (χ1v) is 7.39. The second-order valence-electron chi connectivity index (χ2n) is 5.40. The van der Waals surface area contributed by atoms with Crippen LogP contribution in [-0.2, 0) is 6.18 Å². The minimum Gasteiger partial charge on any atom is -0.337 e. The van der Waals surface area contributed by atoms with Crippen molar-refractivity contribution in [2.45, 2.75) is 6.18 Å². The molecule has 2 N–H and O–H groups in total. The molecule has 0 radical (unpaired) electrons. The Morgan fingerprint density at radius 3 is 2.73 bits per heavy atom. The molecule has 0 fully saturated rings. The van der Waals surface area contributed by atoms with Gasteiger partial charge >= 0.3 is 6.18 Å². The van der Waals surface area contributed by atoms with Crippen molar-refractivity contribution in [2.75, 3.05) is 5.32 Å². The van der Waals surface area contributed by atoms with E-state index in [1.165, 1.54) is 41.2 Å². The molecule has 0 aliphatic carbocycles.